The van der Waals surface area contributed by atoms with Crippen molar-refractivity contribution in [2.75, 3.05) is 0 Å². The topological polar surface area (TPSA) is 48.3 Å². The molecule has 0 amide bonds. The van der Waals surface area contributed by atoms with Gasteiger partial charge in [0, 0.05) is 48.7 Å². The summed E-state index contributed by atoms with van der Waals surface area (Å²) in [4.78, 5) is 11.1. The highest BCUT2D eigenvalue weighted by Gasteiger charge is 2.25. The maximum atomic E-state index is 6.43. The molecule has 0 N–H and O–H groups in total. The van der Waals surface area contributed by atoms with Crippen LogP contribution in [0.2, 0.25) is 0 Å². The van der Waals surface area contributed by atoms with Crippen LogP contribution in [-0.2, 0) is 0 Å². The monoisotopic (exact) mass is 674 g/mol. The van der Waals surface area contributed by atoms with E-state index in [0.717, 1.165) is 71.9 Å². The lowest BCUT2D eigenvalue weighted by atomic mass is 10.0. The smallest absolute Gasteiger partial charge is 0.165 e. The maximum Gasteiger partial charge on any atom is 0.165 e. The molecule has 8 aromatic carbocycles. The first-order chi connectivity index (χ1) is 26.3. The third-order valence-corrected chi connectivity index (χ3v) is 11.4. The molecule has 5 aromatic heterocycles. The third kappa shape index (κ3) is 3.46. The van der Waals surface area contributed by atoms with Crippen molar-refractivity contribution in [2.45, 2.75) is 0 Å². The van der Waals surface area contributed by atoms with Gasteiger partial charge in [-0.3, -0.25) is 4.57 Å². The minimum absolute atomic E-state index is 0.786. The van der Waals surface area contributed by atoms with Gasteiger partial charge in [0.1, 0.15) is 16.9 Å². The average Bonchev–Trinajstić information content (AvgIpc) is 3.85. The predicted molar refractivity (Wildman–Crippen MR) is 219 cm³/mol. The van der Waals surface area contributed by atoms with Crippen LogP contribution in [0, 0.1) is 0 Å². The summed E-state index contributed by atoms with van der Waals surface area (Å²) < 4.78 is 11.2. The van der Waals surface area contributed by atoms with Gasteiger partial charge in [0.15, 0.2) is 5.82 Å². The molecular weight excluding hydrogens is 649 g/mol. The zero-order valence-corrected chi connectivity index (χ0v) is 28.2. The molecule has 0 fully saturated rings. The molecule has 5 heterocycles. The minimum atomic E-state index is 0.786. The summed E-state index contributed by atoms with van der Waals surface area (Å²) in [6.45, 7) is 0. The van der Waals surface area contributed by atoms with Gasteiger partial charge in [-0.1, -0.05) is 109 Å². The number of hydrogen-bond acceptors (Lipinski definition) is 3. The van der Waals surface area contributed by atoms with Gasteiger partial charge >= 0.3 is 0 Å². The van der Waals surface area contributed by atoms with E-state index >= 15 is 0 Å². The maximum absolute atomic E-state index is 6.43. The second-order valence-electron chi connectivity index (χ2n) is 14.1. The number of furan rings is 1. The summed E-state index contributed by atoms with van der Waals surface area (Å²) in [5.41, 5.74) is 11.0. The van der Waals surface area contributed by atoms with Crippen molar-refractivity contribution in [1.29, 1.82) is 0 Å². The highest BCUT2D eigenvalue weighted by atomic mass is 16.3. The van der Waals surface area contributed by atoms with E-state index in [2.05, 4.69) is 155 Å². The normalized spacial score (nSPS) is 12.5. The van der Waals surface area contributed by atoms with E-state index in [0.29, 0.717) is 0 Å². The van der Waals surface area contributed by atoms with Crippen molar-refractivity contribution >= 4 is 104 Å². The Morgan fingerprint density at radius 1 is 0.434 bits per heavy atom. The Kier molecular flexibility index (Phi) is 5.06. The van der Waals surface area contributed by atoms with Crippen LogP contribution >= 0.6 is 0 Å². The number of hydrogen-bond donors (Lipinski definition) is 0. The fourth-order valence-electron chi connectivity index (χ4n) is 9.22. The standard InChI is InChI=1S/C48H26N4O/c1-2-11-29-27(10-1)23-25-36-46(29)50-45(28-22-24-32-31-13-4-6-21-41(31)53-42(32)26-28)48(49-36)52-38-18-8-14-33-35-16-7-15-34-30-12-3-5-17-37(30)51(47(34)35)39-19-9-20-40(52)44(39)43(33)38/h1-26H. The zero-order valence-electron chi connectivity index (χ0n) is 28.2. The second-order valence-corrected chi connectivity index (χ2v) is 14.1. The zero-order chi connectivity index (χ0) is 34.4. The van der Waals surface area contributed by atoms with E-state index in [1.807, 2.05) is 12.1 Å². The van der Waals surface area contributed by atoms with Crippen LogP contribution in [0.15, 0.2) is 162 Å². The Hall–Kier alpha value is -7.24. The van der Waals surface area contributed by atoms with E-state index < -0.39 is 0 Å². The van der Waals surface area contributed by atoms with Crippen LogP contribution < -0.4 is 0 Å². The number of rotatable bonds is 2. The van der Waals surface area contributed by atoms with Gasteiger partial charge in [-0.15, -0.1) is 0 Å². The fourth-order valence-corrected chi connectivity index (χ4v) is 9.22. The van der Waals surface area contributed by atoms with Gasteiger partial charge in [0.25, 0.3) is 0 Å². The van der Waals surface area contributed by atoms with Crippen LogP contribution in [0.25, 0.3) is 121 Å². The van der Waals surface area contributed by atoms with Crippen LogP contribution in [0.1, 0.15) is 0 Å². The van der Waals surface area contributed by atoms with Crippen molar-refractivity contribution < 1.29 is 4.42 Å². The van der Waals surface area contributed by atoms with Crippen molar-refractivity contribution in [3.63, 3.8) is 0 Å². The molecule has 0 saturated carbocycles. The molecule has 13 rings (SSSR count). The molecule has 244 valence electrons. The average molecular weight is 675 g/mol. The molecule has 0 atom stereocenters. The van der Waals surface area contributed by atoms with E-state index in [-0.39, 0.29) is 0 Å². The highest BCUT2D eigenvalue weighted by molar-refractivity contribution is 6.31. The Morgan fingerprint density at radius 2 is 1.09 bits per heavy atom. The second kappa shape index (κ2) is 9.75. The summed E-state index contributed by atoms with van der Waals surface area (Å²) in [6.07, 6.45) is 0. The van der Waals surface area contributed by atoms with Crippen molar-refractivity contribution in [2.24, 2.45) is 0 Å². The van der Waals surface area contributed by atoms with Gasteiger partial charge in [0.2, 0.25) is 0 Å². The summed E-state index contributed by atoms with van der Waals surface area (Å²) in [7, 11) is 0. The Balaban J connectivity index is 1.22. The van der Waals surface area contributed by atoms with Gasteiger partial charge in [0.05, 0.1) is 38.6 Å². The van der Waals surface area contributed by atoms with Crippen LogP contribution in [0.3, 0.4) is 0 Å². The number of benzene rings is 8. The molecular formula is C48H26N4O. The number of para-hydroxylation sites is 3. The number of nitrogens with zero attached hydrogens (tertiary/aromatic N) is 4. The molecule has 5 nitrogen and oxygen atoms in total. The van der Waals surface area contributed by atoms with Gasteiger partial charge in [-0.25, -0.2) is 9.97 Å². The van der Waals surface area contributed by atoms with E-state index in [1.165, 1.54) is 48.9 Å². The molecule has 53 heavy (non-hydrogen) atoms. The number of aromatic nitrogens is 4. The van der Waals surface area contributed by atoms with E-state index in [4.69, 9.17) is 14.4 Å². The first-order valence-corrected chi connectivity index (χ1v) is 18.0. The van der Waals surface area contributed by atoms with Gasteiger partial charge in [-0.05, 0) is 59.3 Å². The van der Waals surface area contributed by atoms with Crippen LogP contribution in [0.4, 0.5) is 0 Å². The lowest BCUT2D eigenvalue weighted by Gasteiger charge is -2.15. The molecule has 0 aliphatic carbocycles. The van der Waals surface area contributed by atoms with Gasteiger partial charge in [-0.2, -0.15) is 0 Å². The molecule has 0 aliphatic rings. The minimum Gasteiger partial charge on any atom is -0.456 e. The first kappa shape index (κ1) is 27.5. The molecule has 13 aromatic rings. The lowest BCUT2D eigenvalue weighted by Crippen LogP contribution is -2.04. The third-order valence-electron chi connectivity index (χ3n) is 11.4. The highest BCUT2D eigenvalue weighted by Crippen LogP contribution is 2.45. The summed E-state index contributed by atoms with van der Waals surface area (Å²) in [5, 5.41) is 11.8. The Morgan fingerprint density at radius 3 is 2.02 bits per heavy atom. The number of fused-ring (bicyclic) bond motifs is 11. The predicted octanol–water partition coefficient (Wildman–Crippen LogP) is 12.6. The van der Waals surface area contributed by atoms with Crippen molar-refractivity contribution in [3.8, 4) is 17.1 Å². The van der Waals surface area contributed by atoms with Crippen molar-refractivity contribution in [3.05, 3.63) is 158 Å². The van der Waals surface area contributed by atoms with Crippen molar-refractivity contribution in [1.82, 2.24) is 18.9 Å². The summed E-state index contributed by atoms with van der Waals surface area (Å²) in [5.74, 6) is 0.786. The first-order valence-electron chi connectivity index (χ1n) is 18.0. The molecule has 0 bridgehead atoms. The summed E-state index contributed by atoms with van der Waals surface area (Å²) in [6, 6.07) is 56.2. The van der Waals surface area contributed by atoms with Crippen LogP contribution in [-0.4, -0.2) is 18.9 Å². The summed E-state index contributed by atoms with van der Waals surface area (Å²) >= 11 is 0. The molecule has 0 radical (unpaired) electrons. The fraction of sp³-hybridized carbons (Fsp3) is 0. The lowest BCUT2D eigenvalue weighted by molar-refractivity contribution is 0.669. The molecule has 5 heteroatoms. The molecule has 0 aliphatic heterocycles. The van der Waals surface area contributed by atoms with E-state index in [9.17, 15) is 0 Å². The Labute approximate surface area is 300 Å². The van der Waals surface area contributed by atoms with Gasteiger partial charge < -0.3 is 8.82 Å². The molecule has 0 unspecified atom stereocenters. The largest absolute Gasteiger partial charge is 0.456 e. The quantitative estimate of drug-likeness (QED) is 0.172. The van der Waals surface area contributed by atoms with Crippen LogP contribution in [0.5, 0.6) is 0 Å². The Bertz CT molecular complexity index is 3700. The molecule has 0 spiro atoms. The van der Waals surface area contributed by atoms with E-state index in [1.54, 1.807) is 0 Å². The SMILES string of the molecule is c1ccc2c(c1)ccc1nc(-n3c4cccc5c6cccc7c8ccccc8n(c8cccc3c8c54)c67)c(-c3ccc4c(c3)oc3ccccc34)nc12. The molecule has 0 saturated heterocycles.